The van der Waals surface area contributed by atoms with Crippen LogP contribution in [-0.2, 0) is 0 Å². The van der Waals surface area contributed by atoms with Gasteiger partial charge in [0.2, 0.25) is 0 Å². The number of hydrogen-bond donors (Lipinski definition) is 1. The summed E-state index contributed by atoms with van der Waals surface area (Å²) in [6, 6.07) is 8.00. The van der Waals surface area contributed by atoms with Gasteiger partial charge in [0, 0.05) is 13.1 Å². The van der Waals surface area contributed by atoms with Gasteiger partial charge in [-0.25, -0.2) is 4.68 Å². The van der Waals surface area contributed by atoms with E-state index >= 15 is 0 Å². The van der Waals surface area contributed by atoms with E-state index in [0.717, 1.165) is 24.3 Å². The number of carbonyl (C=O) groups is 1. The van der Waals surface area contributed by atoms with E-state index in [-0.39, 0.29) is 23.7 Å². The first-order valence-corrected chi connectivity index (χ1v) is 7.92. The van der Waals surface area contributed by atoms with Crippen LogP contribution in [0.2, 0.25) is 0 Å². The number of nitrogens with two attached hydrogens (primary N) is 1. The molecule has 24 heavy (non-hydrogen) atoms. The van der Waals surface area contributed by atoms with Crippen LogP contribution in [-0.4, -0.2) is 45.4 Å². The van der Waals surface area contributed by atoms with Gasteiger partial charge in [0.15, 0.2) is 5.69 Å². The average molecular weight is 350 g/mol. The van der Waals surface area contributed by atoms with E-state index in [0.29, 0.717) is 18.8 Å². The number of halogens is 1. The summed E-state index contributed by atoms with van der Waals surface area (Å²) in [4.78, 5) is 14.6. The first-order chi connectivity index (χ1) is 10.9. The third-order valence-corrected chi connectivity index (χ3v) is 4.71. The molecule has 1 saturated heterocycles. The second-order valence-electron chi connectivity index (χ2n) is 6.76. The summed E-state index contributed by atoms with van der Waals surface area (Å²) in [7, 11) is 0. The van der Waals surface area contributed by atoms with Crippen molar-refractivity contribution >= 4 is 18.3 Å². The van der Waals surface area contributed by atoms with Crippen LogP contribution >= 0.6 is 12.4 Å². The summed E-state index contributed by atoms with van der Waals surface area (Å²) in [5.74, 6) is -0.0574. The Bertz CT molecular complexity index is 727. The van der Waals surface area contributed by atoms with Crippen LogP contribution in [0, 0.1) is 19.3 Å². The molecule has 1 fully saturated rings. The largest absolute Gasteiger partial charge is 0.337 e. The van der Waals surface area contributed by atoms with Crippen molar-refractivity contribution < 1.29 is 4.79 Å². The van der Waals surface area contributed by atoms with E-state index < -0.39 is 0 Å². The highest BCUT2D eigenvalue weighted by molar-refractivity contribution is 5.93. The molecule has 2 heterocycles. The van der Waals surface area contributed by atoms with E-state index in [2.05, 4.69) is 17.2 Å². The lowest BCUT2D eigenvalue weighted by molar-refractivity contribution is 0.0770. The number of aromatic nitrogens is 3. The maximum atomic E-state index is 12.7. The quantitative estimate of drug-likeness (QED) is 0.920. The van der Waals surface area contributed by atoms with Crippen molar-refractivity contribution in [3.8, 4) is 5.69 Å². The van der Waals surface area contributed by atoms with E-state index in [1.54, 1.807) is 4.68 Å². The van der Waals surface area contributed by atoms with Crippen LogP contribution in [0.15, 0.2) is 24.3 Å². The Labute approximate surface area is 148 Å². The fraction of sp³-hybridized carbons (Fsp3) is 0.471. The molecule has 2 aromatic rings. The van der Waals surface area contributed by atoms with Gasteiger partial charge >= 0.3 is 0 Å². The van der Waals surface area contributed by atoms with Gasteiger partial charge in [0.1, 0.15) is 0 Å². The number of amides is 1. The number of carbonyl (C=O) groups excluding carboxylic acids is 1. The molecule has 0 radical (unpaired) electrons. The molecular formula is C17H24ClN5O. The monoisotopic (exact) mass is 349 g/mol. The Morgan fingerprint density at radius 3 is 2.54 bits per heavy atom. The first kappa shape index (κ1) is 18.4. The molecule has 1 aromatic carbocycles. The predicted octanol–water partition coefficient (Wildman–Crippen LogP) is 2.12. The number of benzene rings is 1. The van der Waals surface area contributed by atoms with Crippen molar-refractivity contribution in [2.75, 3.05) is 19.6 Å². The Hall–Kier alpha value is -1.92. The Morgan fingerprint density at radius 1 is 1.29 bits per heavy atom. The maximum absolute atomic E-state index is 12.7. The van der Waals surface area contributed by atoms with Crippen LogP contribution in [0.1, 0.15) is 35.1 Å². The van der Waals surface area contributed by atoms with Crippen LogP contribution in [0.5, 0.6) is 0 Å². The van der Waals surface area contributed by atoms with Crippen molar-refractivity contribution in [1.29, 1.82) is 0 Å². The van der Waals surface area contributed by atoms with Gasteiger partial charge in [0.05, 0.1) is 11.4 Å². The maximum Gasteiger partial charge on any atom is 0.276 e. The van der Waals surface area contributed by atoms with Gasteiger partial charge in [-0.1, -0.05) is 29.8 Å². The fourth-order valence-electron chi connectivity index (χ4n) is 2.97. The molecule has 6 nitrogen and oxygen atoms in total. The molecule has 1 aliphatic rings. The van der Waals surface area contributed by atoms with E-state index in [1.807, 2.05) is 43.0 Å². The second kappa shape index (κ2) is 6.91. The Kier molecular flexibility index (Phi) is 5.30. The minimum Gasteiger partial charge on any atom is -0.337 e. The molecule has 3 rings (SSSR count). The van der Waals surface area contributed by atoms with E-state index in [4.69, 9.17) is 5.73 Å². The summed E-state index contributed by atoms with van der Waals surface area (Å²) in [5, 5.41) is 8.28. The van der Waals surface area contributed by atoms with Gasteiger partial charge in [-0.05, 0) is 44.4 Å². The molecule has 1 aromatic heterocycles. The molecule has 7 heteroatoms. The molecular weight excluding hydrogens is 326 g/mol. The van der Waals surface area contributed by atoms with E-state index in [1.165, 1.54) is 5.56 Å². The van der Waals surface area contributed by atoms with E-state index in [9.17, 15) is 4.79 Å². The standard InChI is InChI=1S/C17H23N5O.ClH/c1-12-4-6-14(7-5-12)22-13(2)15(19-20-22)16(23)21-9-8-17(3,10-18)11-21;/h4-7H,8-11,18H2,1-3H3;1H. The molecule has 2 N–H and O–H groups in total. The van der Waals surface area contributed by atoms with Gasteiger partial charge in [-0.15, -0.1) is 17.5 Å². The first-order valence-electron chi connectivity index (χ1n) is 7.92. The molecule has 1 amide bonds. The zero-order valence-corrected chi connectivity index (χ0v) is 15.1. The SMILES string of the molecule is Cc1ccc(-n2nnc(C(=O)N3CCC(C)(CN)C3)c2C)cc1.Cl. The van der Waals surface area contributed by atoms with Gasteiger partial charge in [-0.3, -0.25) is 4.79 Å². The van der Waals surface area contributed by atoms with Crippen molar-refractivity contribution in [2.24, 2.45) is 11.1 Å². The molecule has 1 unspecified atom stereocenters. The molecule has 1 aliphatic heterocycles. The zero-order chi connectivity index (χ0) is 16.6. The minimum absolute atomic E-state index is 0. The number of rotatable bonds is 3. The minimum atomic E-state index is -0.0574. The third-order valence-electron chi connectivity index (χ3n) is 4.71. The lowest BCUT2D eigenvalue weighted by Gasteiger charge is -2.22. The van der Waals surface area contributed by atoms with Gasteiger partial charge in [-0.2, -0.15) is 0 Å². The lowest BCUT2D eigenvalue weighted by Crippen LogP contribution is -2.35. The molecule has 0 spiro atoms. The van der Waals surface area contributed by atoms with Crippen LogP contribution in [0.4, 0.5) is 0 Å². The summed E-state index contributed by atoms with van der Waals surface area (Å²) in [6.45, 7) is 8.03. The van der Waals surface area contributed by atoms with Gasteiger partial charge < -0.3 is 10.6 Å². The Morgan fingerprint density at radius 2 is 1.96 bits per heavy atom. The highest BCUT2D eigenvalue weighted by atomic mass is 35.5. The van der Waals surface area contributed by atoms with Crippen LogP contribution in [0.3, 0.4) is 0 Å². The number of nitrogens with zero attached hydrogens (tertiary/aromatic N) is 4. The zero-order valence-electron chi connectivity index (χ0n) is 14.3. The van der Waals surface area contributed by atoms with Crippen molar-refractivity contribution in [1.82, 2.24) is 19.9 Å². The Balaban J connectivity index is 0.00000208. The molecule has 0 bridgehead atoms. The normalized spacial score (nSPS) is 20.1. The topological polar surface area (TPSA) is 77.0 Å². The molecule has 0 saturated carbocycles. The average Bonchev–Trinajstić information content (AvgIpc) is 3.12. The van der Waals surface area contributed by atoms with Crippen molar-refractivity contribution in [2.45, 2.75) is 27.2 Å². The number of likely N-dealkylation sites (tertiary alicyclic amines) is 1. The van der Waals surface area contributed by atoms with Crippen LogP contribution < -0.4 is 5.73 Å². The summed E-state index contributed by atoms with van der Waals surface area (Å²) in [5.41, 5.74) is 9.11. The smallest absolute Gasteiger partial charge is 0.276 e. The second-order valence-corrected chi connectivity index (χ2v) is 6.76. The van der Waals surface area contributed by atoms with Crippen molar-refractivity contribution in [3.05, 3.63) is 41.2 Å². The summed E-state index contributed by atoms with van der Waals surface area (Å²) >= 11 is 0. The third kappa shape index (κ3) is 3.30. The summed E-state index contributed by atoms with van der Waals surface area (Å²) in [6.07, 6.45) is 0.931. The summed E-state index contributed by atoms with van der Waals surface area (Å²) < 4.78 is 1.71. The molecule has 0 aliphatic carbocycles. The highest BCUT2D eigenvalue weighted by Crippen LogP contribution is 2.29. The predicted molar refractivity (Wildman–Crippen MR) is 95.8 cm³/mol. The van der Waals surface area contributed by atoms with Crippen molar-refractivity contribution in [3.63, 3.8) is 0 Å². The molecule has 130 valence electrons. The van der Waals surface area contributed by atoms with Crippen LogP contribution in [0.25, 0.3) is 5.69 Å². The fourth-order valence-corrected chi connectivity index (χ4v) is 2.97. The van der Waals surface area contributed by atoms with Gasteiger partial charge in [0.25, 0.3) is 5.91 Å². The number of hydrogen-bond acceptors (Lipinski definition) is 4. The lowest BCUT2D eigenvalue weighted by atomic mass is 9.90. The highest BCUT2D eigenvalue weighted by Gasteiger charge is 2.36. The number of aryl methyl sites for hydroxylation is 1. The molecule has 1 atom stereocenters.